The zero-order valence-corrected chi connectivity index (χ0v) is 21.9. The van der Waals surface area contributed by atoms with Crippen molar-refractivity contribution >= 4 is 23.4 Å². The Kier molecular flexibility index (Phi) is 12.5. The van der Waals surface area contributed by atoms with Gasteiger partial charge in [0.25, 0.3) is 0 Å². The Hall–Kier alpha value is -1.94. The van der Waals surface area contributed by atoms with Gasteiger partial charge in [0, 0.05) is 5.69 Å². The Morgan fingerprint density at radius 1 is 0.879 bits per heavy atom. The molecular formula is C29H43NO2S. The van der Waals surface area contributed by atoms with E-state index in [2.05, 4.69) is 12.2 Å². The normalized spacial score (nSPS) is 12.0. The average molecular weight is 470 g/mol. The molecule has 2 aromatic rings. The fraction of sp³-hybridized carbons (Fsp3) is 0.552. The number of phenolic OH excluding ortho intramolecular Hbond substituents is 1. The molecule has 0 aliphatic rings. The quantitative estimate of drug-likeness (QED) is 0.203. The van der Waals surface area contributed by atoms with E-state index in [0.29, 0.717) is 5.75 Å². The van der Waals surface area contributed by atoms with Crippen LogP contribution in [0, 0.1) is 20.8 Å². The number of hydrogen-bond donors (Lipinski definition) is 2. The van der Waals surface area contributed by atoms with Gasteiger partial charge in [-0.2, -0.15) is 0 Å². The van der Waals surface area contributed by atoms with Crippen LogP contribution in [0.3, 0.4) is 0 Å². The number of phenols is 1. The second-order valence-electron chi connectivity index (χ2n) is 9.17. The molecule has 0 heterocycles. The molecule has 2 rings (SSSR count). The van der Waals surface area contributed by atoms with Crippen LogP contribution in [0.1, 0.15) is 98.6 Å². The first kappa shape index (κ1) is 27.3. The van der Waals surface area contributed by atoms with E-state index in [0.717, 1.165) is 40.1 Å². The van der Waals surface area contributed by atoms with E-state index >= 15 is 0 Å². The molecule has 0 spiro atoms. The van der Waals surface area contributed by atoms with Crippen molar-refractivity contribution in [3.8, 4) is 5.75 Å². The largest absolute Gasteiger partial charge is 0.507 e. The van der Waals surface area contributed by atoms with Crippen LogP contribution in [0.4, 0.5) is 5.69 Å². The van der Waals surface area contributed by atoms with Crippen molar-refractivity contribution in [2.45, 2.75) is 97.2 Å². The molecule has 0 radical (unpaired) electrons. The Morgan fingerprint density at radius 3 is 2.06 bits per heavy atom. The highest BCUT2D eigenvalue weighted by Gasteiger charge is 2.22. The Bertz CT molecular complexity index is 850. The standard InChI is InChI=1S/C29H43NO2S/c1-5-6-7-8-9-10-11-12-13-17-20-33-28(25-18-15-14-16-19-25)29(32)30-26-21-22(2)27(31)24(4)23(26)3/h14-16,18-19,21,28,31H,5-13,17,20H2,1-4H3,(H,30,32)/t28-/m1/s1. The van der Waals surface area contributed by atoms with Crippen LogP contribution < -0.4 is 5.32 Å². The third-order valence-corrected chi connectivity index (χ3v) is 7.78. The van der Waals surface area contributed by atoms with E-state index in [-0.39, 0.29) is 11.2 Å². The summed E-state index contributed by atoms with van der Waals surface area (Å²) in [6.45, 7) is 7.97. The van der Waals surface area contributed by atoms with Crippen LogP contribution in [0.15, 0.2) is 36.4 Å². The molecule has 0 bridgehead atoms. The number of anilines is 1. The minimum Gasteiger partial charge on any atom is -0.507 e. The Labute approximate surface area is 205 Å². The van der Waals surface area contributed by atoms with Crippen molar-refractivity contribution in [1.82, 2.24) is 0 Å². The number of hydrogen-bond acceptors (Lipinski definition) is 3. The third kappa shape index (κ3) is 9.08. The van der Waals surface area contributed by atoms with E-state index in [9.17, 15) is 9.90 Å². The van der Waals surface area contributed by atoms with Crippen LogP contribution in [-0.4, -0.2) is 16.8 Å². The molecule has 4 heteroatoms. The lowest BCUT2D eigenvalue weighted by Gasteiger charge is -2.19. The molecule has 0 fully saturated rings. The van der Waals surface area contributed by atoms with Crippen LogP contribution in [0.5, 0.6) is 5.75 Å². The maximum absolute atomic E-state index is 13.3. The van der Waals surface area contributed by atoms with Gasteiger partial charge in [0.15, 0.2) is 0 Å². The number of aryl methyl sites for hydroxylation is 1. The van der Waals surface area contributed by atoms with Gasteiger partial charge in [0.05, 0.1) is 0 Å². The van der Waals surface area contributed by atoms with Crippen LogP contribution in [0.25, 0.3) is 0 Å². The van der Waals surface area contributed by atoms with E-state index in [4.69, 9.17) is 0 Å². The number of nitrogens with one attached hydrogen (secondary N) is 1. The van der Waals surface area contributed by atoms with Gasteiger partial charge in [-0.15, -0.1) is 11.8 Å². The first-order valence-corrected chi connectivity index (χ1v) is 13.8. The smallest absolute Gasteiger partial charge is 0.242 e. The van der Waals surface area contributed by atoms with Gasteiger partial charge >= 0.3 is 0 Å². The molecule has 0 aliphatic heterocycles. The summed E-state index contributed by atoms with van der Waals surface area (Å²) in [7, 11) is 0. The highest BCUT2D eigenvalue weighted by molar-refractivity contribution is 8.00. The molecule has 2 N–H and O–H groups in total. The van der Waals surface area contributed by atoms with Crippen molar-refractivity contribution in [2.24, 2.45) is 0 Å². The molecule has 1 amide bonds. The molecule has 0 aromatic heterocycles. The summed E-state index contributed by atoms with van der Waals surface area (Å²) in [6.07, 6.45) is 13.2. The second kappa shape index (κ2) is 15.1. The predicted octanol–water partition coefficient (Wildman–Crippen LogP) is 8.65. The zero-order chi connectivity index (χ0) is 24.1. The Balaban J connectivity index is 1.86. The van der Waals surface area contributed by atoms with Crippen LogP contribution >= 0.6 is 11.8 Å². The number of unbranched alkanes of at least 4 members (excludes halogenated alkanes) is 9. The lowest BCUT2D eigenvalue weighted by Crippen LogP contribution is -2.20. The molecule has 3 nitrogen and oxygen atoms in total. The van der Waals surface area contributed by atoms with Gasteiger partial charge in [-0.25, -0.2) is 0 Å². The molecule has 2 aromatic carbocycles. The maximum Gasteiger partial charge on any atom is 0.242 e. The summed E-state index contributed by atoms with van der Waals surface area (Å²) >= 11 is 1.74. The lowest BCUT2D eigenvalue weighted by molar-refractivity contribution is -0.115. The van der Waals surface area contributed by atoms with Crippen molar-refractivity contribution in [1.29, 1.82) is 0 Å². The van der Waals surface area contributed by atoms with Gasteiger partial charge in [0.2, 0.25) is 5.91 Å². The van der Waals surface area contributed by atoms with E-state index in [1.165, 1.54) is 57.8 Å². The summed E-state index contributed by atoms with van der Waals surface area (Å²) in [5.41, 5.74) is 4.34. The van der Waals surface area contributed by atoms with Gasteiger partial charge in [-0.1, -0.05) is 95.0 Å². The molecule has 0 saturated heterocycles. The molecule has 0 saturated carbocycles. The summed E-state index contributed by atoms with van der Waals surface area (Å²) in [6, 6.07) is 11.9. The minimum atomic E-state index is -0.237. The average Bonchev–Trinajstić information content (AvgIpc) is 2.82. The SMILES string of the molecule is CCCCCCCCCCCCS[C@@H](C(=O)Nc1cc(C)c(O)c(C)c1C)c1ccccc1. The van der Waals surface area contributed by atoms with Gasteiger partial charge in [-0.3, -0.25) is 4.79 Å². The first-order valence-electron chi connectivity index (χ1n) is 12.7. The molecule has 0 aliphatic carbocycles. The number of rotatable bonds is 15. The number of aromatic hydroxyl groups is 1. The summed E-state index contributed by atoms with van der Waals surface area (Å²) < 4.78 is 0. The van der Waals surface area contributed by atoms with Crippen molar-refractivity contribution in [3.05, 3.63) is 58.7 Å². The summed E-state index contributed by atoms with van der Waals surface area (Å²) in [4.78, 5) is 13.3. The molecular weight excluding hydrogens is 426 g/mol. The highest BCUT2D eigenvalue weighted by Crippen LogP contribution is 2.34. The maximum atomic E-state index is 13.3. The number of thioether (sulfide) groups is 1. The number of carbonyl (C=O) groups excluding carboxylic acids is 1. The minimum absolute atomic E-state index is 0.00543. The fourth-order valence-electron chi connectivity index (χ4n) is 4.14. The number of carbonyl (C=O) groups is 1. The molecule has 1 atom stereocenters. The van der Waals surface area contributed by atoms with Gasteiger partial charge in [-0.05, 0) is 61.3 Å². The Morgan fingerprint density at radius 2 is 1.45 bits per heavy atom. The number of amides is 1. The van der Waals surface area contributed by atoms with Gasteiger partial charge in [0.1, 0.15) is 11.0 Å². The van der Waals surface area contributed by atoms with Crippen LogP contribution in [-0.2, 0) is 4.79 Å². The monoisotopic (exact) mass is 469 g/mol. The first-order chi connectivity index (χ1) is 16.0. The third-order valence-electron chi connectivity index (χ3n) is 6.44. The van der Waals surface area contributed by atoms with Crippen molar-refractivity contribution in [2.75, 3.05) is 11.1 Å². The van der Waals surface area contributed by atoms with E-state index in [1.807, 2.05) is 57.2 Å². The van der Waals surface area contributed by atoms with Crippen molar-refractivity contribution < 1.29 is 9.90 Å². The zero-order valence-electron chi connectivity index (χ0n) is 21.1. The summed E-state index contributed by atoms with van der Waals surface area (Å²) in [5.74, 6) is 1.29. The van der Waals surface area contributed by atoms with Crippen molar-refractivity contribution in [3.63, 3.8) is 0 Å². The topological polar surface area (TPSA) is 49.3 Å². The number of benzene rings is 2. The fourth-order valence-corrected chi connectivity index (χ4v) is 5.30. The van der Waals surface area contributed by atoms with E-state index in [1.54, 1.807) is 11.8 Å². The molecule has 182 valence electrons. The highest BCUT2D eigenvalue weighted by atomic mass is 32.2. The predicted molar refractivity (Wildman–Crippen MR) is 144 cm³/mol. The molecule has 33 heavy (non-hydrogen) atoms. The second-order valence-corrected chi connectivity index (χ2v) is 10.4. The summed E-state index contributed by atoms with van der Waals surface area (Å²) in [5, 5.41) is 13.1. The molecule has 0 unspecified atom stereocenters. The van der Waals surface area contributed by atoms with E-state index < -0.39 is 0 Å². The van der Waals surface area contributed by atoms with Gasteiger partial charge < -0.3 is 10.4 Å². The van der Waals surface area contributed by atoms with Crippen LogP contribution in [0.2, 0.25) is 0 Å². The lowest BCUT2D eigenvalue weighted by atomic mass is 10.0.